The van der Waals surface area contributed by atoms with Crippen LogP contribution in [-0.2, 0) is 9.59 Å². The van der Waals surface area contributed by atoms with Gasteiger partial charge < -0.3 is 14.9 Å². The predicted octanol–water partition coefficient (Wildman–Crippen LogP) is 5.18. The second kappa shape index (κ2) is 8.33. The fourth-order valence-electron chi connectivity index (χ4n) is 8.01. The first-order valence-electron chi connectivity index (χ1n) is 12.2. The molecule has 2 N–H and O–H groups in total. The van der Waals surface area contributed by atoms with E-state index in [-0.39, 0.29) is 41.3 Å². The van der Waals surface area contributed by atoms with Crippen LogP contribution in [0, 0.1) is 28.6 Å². The van der Waals surface area contributed by atoms with Crippen LogP contribution < -0.4 is 4.74 Å². The Morgan fingerprint density at radius 1 is 1.18 bits per heavy atom. The lowest BCUT2D eigenvalue weighted by Crippen LogP contribution is -2.62. The number of ketones is 2. The Balaban J connectivity index is 1.39. The summed E-state index contributed by atoms with van der Waals surface area (Å²) in [6, 6.07) is 4.80. The van der Waals surface area contributed by atoms with E-state index in [1.165, 1.54) is 5.57 Å². The molecule has 3 saturated carbocycles. The highest BCUT2D eigenvalue weighted by Gasteiger charge is 2.68. The SMILES string of the molecule is CC12CCC(=O)C=C1CCC1C2C(O)CC2(C)C1CC[C@]2(O)C(=O)COc1ccc(Cl)cc1Cl. The van der Waals surface area contributed by atoms with Gasteiger partial charge in [0.1, 0.15) is 18.0 Å². The minimum absolute atomic E-state index is 0.0419. The molecule has 184 valence electrons. The Kier molecular flexibility index (Phi) is 5.95. The molecule has 0 spiro atoms. The van der Waals surface area contributed by atoms with Gasteiger partial charge in [-0.3, -0.25) is 9.59 Å². The number of Topliss-reactive ketones (excluding diaryl/α,β-unsaturated/α-hetero) is 1. The maximum atomic E-state index is 13.4. The lowest BCUT2D eigenvalue weighted by Gasteiger charge is -2.60. The standard InChI is InChI=1S/C27H32Cl2O5/c1-25-9-7-17(30)11-15(25)3-5-18-19-8-10-27(33,26(19,2)13-21(31)24(18)25)23(32)14-34-22-6-4-16(28)12-20(22)29/h4,6,11-12,18-19,21,24,31,33H,3,5,7-10,13-14H2,1-2H3/t18?,19?,21?,24?,25?,26?,27-/m0/s1. The Bertz CT molecular complexity index is 1070. The van der Waals surface area contributed by atoms with Crippen LogP contribution in [0.3, 0.4) is 0 Å². The molecule has 0 amide bonds. The van der Waals surface area contributed by atoms with E-state index in [1.807, 2.05) is 13.0 Å². The summed E-state index contributed by atoms with van der Waals surface area (Å²) in [7, 11) is 0. The maximum absolute atomic E-state index is 13.4. The third-order valence-corrected chi connectivity index (χ3v) is 10.3. The highest BCUT2D eigenvalue weighted by Crippen LogP contribution is 2.67. The van der Waals surface area contributed by atoms with Gasteiger partial charge in [-0.15, -0.1) is 0 Å². The number of allylic oxidation sites excluding steroid dienone is 1. The van der Waals surface area contributed by atoms with E-state index in [1.54, 1.807) is 18.2 Å². The van der Waals surface area contributed by atoms with Gasteiger partial charge in [-0.25, -0.2) is 0 Å². The molecular weight excluding hydrogens is 475 g/mol. The highest BCUT2D eigenvalue weighted by atomic mass is 35.5. The molecule has 7 atom stereocenters. The molecule has 4 aliphatic carbocycles. The first-order chi connectivity index (χ1) is 16.0. The summed E-state index contributed by atoms with van der Waals surface area (Å²) in [4.78, 5) is 25.5. The van der Waals surface area contributed by atoms with Crippen molar-refractivity contribution in [3.8, 4) is 5.75 Å². The maximum Gasteiger partial charge on any atom is 0.202 e. The van der Waals surface area contributed by atoms with Crippen molar-refractivity contribution in [1.82, 2.24) is 0 Å². The molecule has 0 radical (unpaired) electrons. The van der Waals surface area contributed by atoms with Crippen LogP contribution >= 0.6 is 23.2 Å². The van der Waals surface area contributed by atoms with E-state index in [9.17, 15) is 19.8 Å². The number of fused-ring (bicyclic) bond motifs is 5. The van der Waals surface area contributed by atoms with Crippen LogP contribution in [0.4, 0.5) is 0 Å². The minimum Gasteiger partial charge on any atom is -0.484 e. The average molecular weight is 507 g/mol. The molecule has 3 fully saturated rings. The quantitative estimate of drug-likeness (QED) is 0.587. The third-order valence-electron chi connectivity index (χ3n) is 9.76. The number of halogens is 2. The number of hydrogen-bond acceptors (Lipinski definition) is 5. The van der Waals surface area contributed by atoms with Crippen molar-refractivity contribution < 1.29 is 24.5 Å². The summed E-state index contributed by atoms with van der Waals surface area (Å²) >= 11 is 12.1. The van der Waals surface area contributed by atoms with Crippen LogP contribution in [0.15, 0.2) is 29.8 Å². The topological polar surface area (TPSA) is 83.8 Å². The van der Waals surface area contributed by atoms with Gasteiger partial charge >= 0.3 is 0 Å². The molecule has 0 bridgehead atoms. The summed E-state index contributed by atoms with van der Waals surface area (Å²) in [5.74, 6) is 0.531. The van der Waals surface area contributed by atoms with Gasteiger partial charge in [0.05, 0.1) is 11.1 Å². The smallest absolute Gasteiger partial charge is 0.202 e. The summed E-state index contributed by atoms with van der Waals surface area (Å²) in [6.07, 6.45) is 5.63. The summed E-state index contributed by atoms with van der Waals surface area (Å²) in [5.41, 5.74) is -1.33. The van der Waals surface area contributed by atoms with Gasteiger partial charge in [0.2, 0.25) is 5.78 Å². The van der Waals surface area contributed by atoms with E-state index in [2.05, 4.69) is 6.92 Å². The lowest BCUT2D eigenvalue weighted by molar-refractivity contribution is -0.181. The predicted molar refractivity (Wildman–Crippen MR) is 130 cm³/mol. The Hall–Kier alpha value is -1.40. The van der Waals surface area contributed by atoms with Crippen LogP contribution in [0.1, 0.15) is 58.8 Å². The van der Waals surface area contributed by atoms with Crippen molar-refractivity contribution in [2.45, 2.75) is 70.5 Å². The zero-order chi connectivity index (χ0) is 24.5. The lowest BCUT2D eigenvalue weighted by atomic mass is 9.45. The van der Waals surface area contributed by atoms with Gasteiger partial charge in [0.15, 0.2) is 5.78 Å². The number of aliphatic hydroxyl groups excluding tert-OH is 1. The van der Waals surface area contributed by atoms with E-state index < -0.39 is 17.1 Å². The number of carbonyl (C=O) groups excluding carboxylic acids is 2. The average Bonchev–Trinajstić information content (AvgIpc) is 3.04. The number of ether oxygens (including phenoxy) is 1. The van der Waals surface area contributed by atoms with E-state index in [0.29, 0.717) is 35.1 Å². The van der Waals surface area contributed by atoms with Gasteiger partial charge in [0, 0.05) is 16.9 Å². The fraction of sp³-hybridized carbons (Fsp3) is 0.630. The van der Waals surface area contributed by atoms with Gasteiger partial charge in [-0.05, 0) is 86.0 Å². The van der Waals surface area contributed by atoms with Crippen LogP contribution in [-0.4, -0.2) is 40.1 Å². The number of rotatable bonds is 4. The van der Waals surface area contributed by atoms with Crippen LogP contribution in [0.25, 0.3) is 0 Å². The van der Waals surface area contributed by atoms with E-state index in [0.717, 1.165) is 25.7 Å². The molecule has 6 unspecified atom stereocenters. The van der Waals surface area contributed by atoms with Crippen molar-refractivity contribution >= 4 is 34.8 Å². The van der Waals surface area contributed by atoms with Gasteiger partial charge in [-0.2, -0.15) is 0 Å². The summed E-state index contributed by atoms with van der Waals surface area (Å²) in [5, 5.41) is 24.1. The number of hydrogen-bond donors (Lipinski definition) is 2. The number of carbonyl (C=O) groups is 2. The van der Waals surface area contributed by atoms with Crippen molar-refractivity contribution in [2.75, 3.05) is 6.61 Å². The van der Waals surface area contributed by atoms with Crippen molar-refractivity contribution in [3.05, 3.63) is 39.9 Å². The van der Waals surface area contributed by atoms with Gasteiger partial charge in [0.25, 0.3) is 0 Å². The van der Waals surface area contributed by atoms with Crippen LogP contribution in [0.2, 0.25) is 10.0 Å². The first-order valence-corrected chi connectivity index (χ1v) is 13.0. The molecule has 5 nitrogen and oxygen atoms in total. The zero-order valence-electron chi connectivity index (χ0n) is 19.7. The molecule has 7 heteroatoms. The number of aliphatic hydroxyl groups is 2. The molecule has 1 aromatic carbocycles. The Labute approximate surface area is 210 Å². The second-order valence-corrected chi connectivity index (χ2v) is 12.1. The molecule has 5 rings (SSSR count). The molecule has 0 heterocycles. The Morgan fingerprint density at radius 3 is 2.68 bits per heavy atom. The molecule has 0 aliphatic heterocycles. The van der Waals surface area contributed by atoms with Crippen molar-refractivity contribution in [3.63, 3.8) is 0 Å². The molecule has 1 aromatic rings. The first kappa shape index (κ1) is 24.3. The Morgan fingerprint density at radius 2 is 1.94 bits per heavy atom. The largest absolute Gasteiger partial charge is 0.484 e. The highest BCUT2D eigenvalue weighted by molar-refractivity contribution is 6.35. The molecule has 34 heavy (non-hydrogen) atoms. The van der Waals surface area contributed by atoms with Gasteiger partial charge in [-0.1, -0.05) is 42.6 Å². The molecule has 0 saturated heterocycles. The summed E-state index contributed by atoms with van der Waals surface area (Å²) in [6.45, 7) is 3.87. The normalized spacial score (nSPS) is 41.2. The van der Waals surface area contributed by atoms with Crippen molar-refractivity contribution in [1.29, 1.82) is 0 Å². The van der Waals surface area contributed by atoms with Crippen LogP contribution in [0.5, 0.6) is 5.75 Å². The van der Waals surface area contributed by atoms with E-state index in [4.69, 9.17) is 27.9 Å². The third kappa shape index (κ3) is 3.49. The number of benzene rings is 1. The molecule has 4 aliphatic rings. The summed E-state index contributed by atoms with van der Waals surface area (Å²) < 4.78 is 5.68. The van der Waals surface area contributed by atoms with Crippen molar-refractivity contribution in [2.24, 2.45) is 28.6 Å². The zero-order valence-corrected chi connectivity index (χ0v) is 21.2. The molecular formula is C27H32Cl2O5. The molecule has 0 aromatic heterocycles. The minimum atomic E-state index is -1.57. The monoisotopic (exact) mass is 506 g/mol. The van der Waals surface area contributed by atoms with E-state index >= 15 is 0 Å². The second-order valence-electron chi connectivity index (χ2n) is 11.3. The fourth-order valence-corrected chi connectivity index (χ4v) is 8.47.